The minimum Gasteiger partial charge on any atom is -0.437 e. The van der Waals surface area contributed by atoms with E-state index in [1.54, 1.807) is 18.1 Å². The number of ether oxygens (including phenoxy) is 1. The summed E-state index contributed by atoms with van der Waals surface area (Å²) in [7, 11) is 0. The first-order valence-electron chi connectivity index (χ1n) is 6.57. The minimum atomic E-state index is 0.463. The van der Waals surface area contributed by atoms with Crippen LogP contribution in [0, 0.1) is 0 Å². The van der Waals surface area contributed by atoms with Gasteiger partial charge in [-0.1, -0.05) is 0 Å². The van der Waals surface area contributed by atoms with Crippen molar-refractivity contribution in [2.24, 2.45) is 0 Å². The van der Waals surface area contributed by atoms with Gasteiger partial charge in [-0.3, -0.25) is 0 Å². The Morgan fingerprint density at radius 1 is 1.24 bits per heavy atom. The van der Waals surface area contributed by atoms with E-state index in [0.29, 0.717) is 23.0 Å². The largest absolute Gasteiger partial charge is 0.437 e. The summed E-state index contributed by atoms with van der Waals surface area (Å²) in [4.78, 5) is 17.0. The Morgan fingerprint density at radius 3 is 2.76 bits per heavy atom. The van der Waals surface area contributed by atoms with Crippen molar-refractivity contribution in [3.63, 3.8) is 0 Å². The van der Waals surface area contributed by atoms with Crippen LogP contribution in [0.2, 0.25) is 0 Å². The highest BCUT2D eigenvalue weighted by Gasteiger charge is 2.11. The maximum absolute atomic E-state index is 5.86. The lowest BCUT2D eigenvalue weighted by molar-refractivity contribution is 0.467. The predicted octanol–water partition coefficient (Wildman–Crippen LogP) is 3.30. The molecule has 0 fully saturated rings. The molecule has 0 amide bonds. The summed E-state index contributed by atoms with van der Waals surface area (Å²) in [5.41, 5.74) is 1.27. The average molecular weight is 301 g/mol. The van der Waals surface area contributed by atoms with Crippen molar-refractivity contribution in [2.45, 2.75) is 11.8 Å². The fourth-order valence-corrected chi connectivity index (χ4v) is 2.28. The monoisotopic (exact) mass is 301 g/mol. The Balaban J connectivity index is 1.95. The van der Waals surface area contributed by atoms with Gasteiger partial charge in [0.05, 0.1) is 6.33 Å². The van der Waals surface area contributed by atoms with Crippen LogP contribution in [0.5, 0.6) is 11.6 Å². The van der Waals surface area contributed by atoms with Crippen LogP contribution in [0.1, 0.15) is 6.92 Å². The van der Waals surface area contributed by atoms with Gasteiger partial charge in [0.25, 0.3) is 5.88 Å². The lowest BCUT2D eigenvalue weighted by Gasteiger charge is -2.08. The van der Waals surface area contributed by atoms with Gasteiger partial charge in [-0.2, -0.15) is 9.97 Å². The number of rotatable bonds is 5. The van der Waals surface area contributed by atoms with E-state index < -0.39 is 0 Å². The molecule has 0 aliphatic heterocycles. The zero-order chi connectivity index (χ0) is 14.7. The quantitative estimate of drug-likeness (QED) is 0.704. The van der Waals surface area contributed by atoms with Crippen molar-refractivity contribution < 1.29 is 4.74 Å². The van der Waals surface area contributed by atoms with E-state index in [-0.39, 0.29) is 0 Å². The summed E-state index contributed by atoms with van der Waals surface area (Å²) in [6.45, 7) is 2.72. The Morgan fingerprint density at radius 2 is 2.05 bits per heavy atom. The number of aromatic nitrogens is 4. The second kappa shape index (κ2) is 6.01. The Labute approximate surface area is 126 Å². The van der Waals surface area contributed by atoms with Crippen molar-refractivity contribution in [3.8, 4) is 11.6 Å². The number of fused-ring (bicyclic) bond motifs is 1. The molecule has 2 N–H and O–H groups in total. The Bertz CT molecular complexity index is 741. The molecule has 2 heterocycles. The van der Waals surface area contributed by atoms with Crippen LogP contribution in [-0.2, 0) is 0 Å². The summed E-state index contributed by atoms with van der Waals surface area (Å²) in [6, 6.07) is 7.86. The molecule has 0 saturated heterocycles. The number of thioether (sulfide) groups is 1. The molecule has 0 atom stereocenters. The zero-order valence-electron chi connectivity index (χ0n) is 11.8. The molecule has 108 valence electrons. The van der Waals surface area contributed by atoms with Crippen molar-refractivity contribution in [1.82, 2.24) is 19.9 Å². The van der Waals surface area contributed by atoms with Gasteiger partial charge in [0.1, 0.15) is 11.3 Å². The third kappa shape index (κ3) is 2.92. The standard InChI is InChI=1S/C14H15N5OS/c1-3-15-14-18-12-11(16-8-17-12)13(19-14)20-9-4-6-10(21-2)7-5-9/h4-8H,3H2,1-2H3,(H2,15,16,17,18,19). The summed E-state index contributed by atoms with van der Waals surface area (Å²) < 4.78 is 5.86. The van der Waals surface area contributed by atoms with Crippen molar-refractivity contribution >= 4 is 28.9 Å². The summed E-state index contributed by atoms with van der Waals surface area (Å²) in [5, 5.41) is 3.07. The molecular weight excluding hydrogens is 286 g/mol. The lowest BCUT2D eigenvalue weighted by Crippen LogP contribution is -2.03. The highest BCUT2D eigenvalue weighted by molar-refractivity contribution is 7.98. The van der Waals surface area contributed by atoms with Crippen LogP contribution in [0.15, 0.2) is 35.5 Å². The molecular formula is C14H15N5OS. The van der Waals surface area contributed by atoms with Gasteiger partial charge in [-0.25, -0.2) is 4.98 Å². The maximum Gasteiger partial charge on any atom is 0.250 e. The van der Waals surface area contributed by atoms with Gasteiger partial charge < -0.3 is 15.0 Å². The fraction of sp³-hybridized carbons (Fsp3) is 0.214. The molecule has 3 rings (SSSR count). The van der Waals surface area contributed by atoms with E-state index >= 15 is 0 Å². The fourth-order valence-electron chi connectivity index (χ4n) is 1.87. The van der Waals surface area contributed by atoms with E-state index in [9.17, 15) is 0 Å². The first-order valence-corrected chi connectivity index (χ1v) is 7.79. The zero-order valence-corrected chi connectivity index (χ0v) is 12.6. The number of benzene rings is 1. The summed E-state index contributed by atoms with van der Waals surface area (Å²) >= 11 is 1.69. The van der Waals surface area contributed by atoms with Crippen molar-refractivity contribution in [1.29, 1.82) is 0 Å². The highest BCUT2D eigenvalue weighted by atomic mass is 32.2. The van der Waals surface area contributed by atoms with Gasteiger partial charge in [-0.15, -0.1) is 11.8 Å². The van der Waals surface area contributed by atoms with Crippen LogP contribution in [-0.4, -0.2) is 32.7 Å². The lowest BCUT2D eigenvalue weighted by atomic mass is 10.3. The second-order valence-electron chi connectivity index (χ2n) is 4.26. The molecule has 3 aromatic rings. The van der Waals surface area contributed by atoms with E-state index in [2.05, 4.69) is 25.3 Å². The van der Waals surface area contributed by atoms with Gasteiger partial charge in [0.15, 0.2) is 5.65 Å². The smallest absolute Gasteiger partial charge is 0.250 e. The first-order chi connectivity index (χ1) is 10.3. The predicted molar refractivity (Wildman–Crippen MR) is 84.1 cm³/mol. The number of H-pyrrole nitrogens is 1. The van der Waals surface area contributed by atoms with Crippen molar-refractivity contribution in [3.05, 3.63) is 30.6 Å². The number of aromatic amines is 1. The second-order valence-corrected chi connectivity index (χ2v) is 5.14. The van der Waals surface area contributed by atoms with Gasteiger partial charge in [0.2, 0.25) is 5.95 Å². The van der Waals surface area contributed by atoms with E-state index in [1.807, 2.05) is 37.4 Å². The van der Waals surface area contributed by atoms with E-state index in [4.69, 9.17) is 4.74 Å². The Kier molecular flexibility index (Phi) is 3.92. The minimum absolute atomic E-state index is 0.463. The SMILES string of the molecule is CCNc1nc(Oc2ccc(SC)cc2)c2[nH]cnc2n1. The Hall–Kier alpha value is -2.28. The molecule has 0 radical (unpaired) electrons. The number of nitrogens with one attached hydrogen (secondary N) is 2. The van der Waals surface area contributed by atoms with Crippen LogP contribution in [0.25, 0.3) is 11.2 Å². The number of nitrogens with zero attached hydrogens (tertiary/aromatic N) is 3. The topological polar surface area (TPSA) is 75.7 Å². The molecule has 0 aliphatic rings. The molecule has 0 saturated carbocycles. The van der Waals surface area contributed by atoms with Gasteiger partial charge in [-0.05, 0) is 37.4 Å². The molecule has 1 aromatic carbocycles. The molecule has 6 nitrogen and oxygen atoms in total. The molecule has 7 heteroatoms. The molecule has 21 heavy (non-hydrogen) atoms. The molecule has 0 unspecified atom stereocenters. The maximum atomic E-state index is 5.86. The highest BCUT2D eigenvalue weighted by Crippen LogP contribution is 2.27. The van der Waals surface area contributed by atoms with Crippen LogP contribution >= 0.6 is 11.8 Å². The van der Waals surface area contributed by atoms with Gasteiger partial charge in [0, 0.05) is 11.4 Å². The third-order valence-electron chi connectivity index (χ3n) is 2.86. The average Bonchev–Trinajstić information content (AvgIpc) is 2.97. The third-order valence-corrected chi connectivity index (χ3v) is 3.60. The number of anilines is 1. The number of imidazole rings is 1. The van der Waals surface area contributed by atoms with Crippen LogP contribution < -0.4 is 10.1 Å². The molecule has 0 aliphatic carbocycles. The molecule has 0 bridgehead atoms. The summed E-state index contributed by atoms with van der Waals surface area (Å²) in [6.07, 6.45) is 3.62. The molecule has 0 spiro atoms. The van der Waals surface area contributed by atoms with Crippen LogP contribution in [0.3, 0.4) is 0 Å². The normalized spacial score (nSPS) is 10.8. The van der Waals surface area contributed by atoms with Crippen LogP contribution in [0.4, 0.5) is 5.95 Å². The first kappa shape index (κ1) is 13.7. The van der Waals surface area contributed by atoms with E-state index in [0.717, 1.165) is 12.3 Å². The number of hydrogen-bond donors (Lipinski definition) is 2. The molecule has 2 aromatic heterocycles. The number of hydrogen-bond acceptors (Lipinski definition) is 6. The van der Waals surface area contributed by atoms with Crippen molar-refractivity contribution in [2.75, 3.05) is 18.1 Å². The summed E-state index contributed by atoms with van der Waals surface area (Å²) in [5.74, 6) is 1.70. The van der Waals surface area contributed by atoms with Gasteiger partial charge >= 0.3 is 0 Å². The van der Waals surface area contributed by atoms with E-state index in [1.165, 1.54) is 4.90 Å².